The third kappa shape index (κ3) is 2.50. The van der Waals surface area contributed by atoms with Crippen LogP contribution < -0.4 is 10.5 Å². The first kappa shape index (κ1) is 12.1. The lowest BCUT2D eigenvalue weighted by molar-refractivity contribution is 0.422. The first-order valence-corrected chi connectivity index (χ1v) is 5.26. The van der Waals surface area contributed by atoms with Crippen molar-refractivity contribution < 1.29 is 9.13 Å². The molecule has 0 radical (unpaired) electrons. The van der Waals surface area contributed by atoms with E-state index in [4.69, 9.17) is 27.3 Å². The van der Waals surface area contributed by atoms with Crippen LogP contribution in [-0.2, 0) is 0 Å². The summed E-state index contributed by atoms with van der Waals surface area (Å²) in [6, 6.07) is 7.44. The molecule has 0 aliphatic rings. The highest BCUT2D eigenvalue weighted by atomic mass is 35.5. The summed E-state index contributed by atoms with van der Waals surface area (Å²) in [4.78, 5) is 3.70. The van der Waals surface area contributed by atoms with E-state index in [2.05, 4.69) is 4.98 Å². The van der Waals surface area contributed by atoms with Crippen LogP contribution in [0.15, 0.2) is 30.5 Å². The second kappa shape index (κ2) is 4.90. The molecule has 0 fully saturated rings. The smallest absolute Gasteiger partial charge is 0.256 e. The molecule has 0 amide bonds. The lowest BCUT2D eigenvalue weighted by Gasteiger charge is -2.07. The molecule has 2 aromatic rings. The Morgan fingerprint density at radius 2 is 2.17 bits per heavy atom. The van der Waals surface area contributed by atoms with Crippen molar-refractivity contribution in [3.05, 3.63) is 46.9 Å². The Morgan fingerprint density at radius 3 is 2.83 bits per heavy atom. The number of nitrogens with zero attached hydrogens (tertiary/aromatic N) is 2. The molecule has 4 nitrogen and oxygen atoms in total. The third-order valence-electron chi connectivity index (χ3n) is 2.10. The molecular formula is C12H7ClFN3O. The zero-order chi connectivity index (χ0) is 13.1. The van der Waals surface area contributed by atoms with Gasteiger partial charge in [0.2, 0.25) is 0 Å². The highest BCUT2D eigenvalue weighted by molar-refractivity contribution is 6.30. The van der Waals surface area contributed by atoms with E-state index in [9.17, 15) is 4.39 Å². The average Bonchev–Trinajstić information content (AvgIpc) is 2.34. The number of ether oxygens (including phenoxy) is 1. The van der Waals surface area contributed by atoms with Crippen LogP contribution in [-0.4, -0.2) is 4.98 Å². The monoisotopic (exact) mass is 263 g/mol. The maximum absolute atomic E-state index is 13.5. The van der Waals surface area contributed by atoms with Gasteiger partial charge in [-0.3, -0.25) is 0 Å². The van der Waals surface area contributed by atoms with E-state index >= 15 is 0 Å². The van der Waals surface area contributed by atoms with E-state index in [0.29, 0.717) is 5.69 Å². The number of hydrogen-bond acceptors (Lipinski definition) is 4. The van der Waals surface area contributed by atoms with Gasteiger partial charge < -0.3 is 10.5 Å². The van der Waals surface area contributed by atoms with Crippen LogP contribution in [0.3, 0.4) is 0 Å². The Morgan fingerprint density at radius 1 is 1.39 bits per heavy atom. The number of aromatic nitrogens is 1. The number of halogens is 2. The minimum absolute atomic E-state index is 0.165. The Bertz CT molecular complexity index is 640. The van der Waals surface area contributed by atoms with Crippen molar-refractivity contribution in [1.29, 1.82) is 5.26 Å². The summed E-state index contributed by atoms with van der Waals surface area (Å²) in [5.74, 6) is -0.774. The Balaban J connectivity index is 2.37. The van der Waals surface area contributed by atoms with Crippen LogP contribution >= 0.6 is 11.6 Å². The number of benzene rings is 1. The maximum atomic E-state index is 13.5. The minimum Gasteiger partial charge on any atom is -0.435 e. The molecule has 90 valence electrons. The summed E-state index contributed by atoms with van der Waals surface area (Å²) < 4.78 is 18.7. The maximum Gasteiger partial charge on any atom is 0.256 e. The quantitative estimate of drug-likeness (QED) is 0.845. The zero-order valence-corrected chi connectivity index (χ0v) is 9.78. The fraction of sp³-hybridized carbons (Fsp3) is 0. The SMILES string of the molecule is N#Cc1cc(N)ccc1Oc1ncc(Cl)cc1F. The van der Waals surface area contributed by atoms with Crippen molar-refractivity contribution in [3.8, 4) is 17.7 Å². The summed E-state index contributed by atoms with van der Waals surface area (Å²) in [6.45, 7) is 0. The number of nitriles is 1. The molecule has 0 saturated carbocycles. The van der Waals surface area contributed by atoms with Crippen LogP contribution in [0.5, 0.6) is 11.6 Å². The molecule has 0 aliphatic carbocycles. The standard InChI is InChI=1S/C12H7ClFN3O/c13-8-4-10(14)12(17-6-8)18-11-2-1-9(16)3-7(11)5-15/h1-4,6H,16H2. The highest BCUT2D eigenvalue weighted by Gasteiger charge is 2.10. The molecule has 0 unspecified atom stereocenters. The van der Waals surface area contributed by atoms with Gasteiger partial charge >= 0.3 is 0 Å². The highest BCUT2D eigenvalue weighted by Crippen LogP contribution is 2.27. The van der Waals surface area contributed by atoms with Crippen molar-refractivity contribution in [1.82, 2.24) is 4.98 Å². The fourth-order valence-corrected chi connectivity index (χ4v) is 1.45. The summed E-state index contributed by atoms with van der Waals surface area (Å²) in [6.07, 6.45) is 1.25. The van der Waals surface area contributed by atoms with E-state index in [1.54, 1.807) is 6.07 Å². The van der Waals surface area contributed by atoms with Crippen LogP contribution in [0.1, 0.15) is 5.56 Å². The largest absolute Gasteiger partial charge is 0.435 e. The van der Waals surface area contributed by atoms with E-state index in [-0.39, 0.29) is 22.2 Å². The fourth-order valence-electron chi connectivity index (χ4n) is 1.31. The second-order valence-electron chi connectivity index (χ2n) is 3.41. The van der Waals surface area contributed by atoms with E-state index < -0.39 is 5.82 Å². The van der Waals surface area contributed by atoms with Crippen LogP contribution in [0.2, 0.25) is 5.02 Å². The topological polar surface area (TPSA) is 71.9 Å². The molecular weight excluding hydrogens is 257 g/mol. The number of hydrogen-bond donors (Lipinski definition) is 1. The number of rotatable bonds is 2. The molecule has 0 atom stereocenters. The number of nitrogen functional groups attached to an aromatic ring is 1. The predicted octanol–water partition coefficient (Wildman–Crippen LogP) is 3.12. The third-order valence-corrected chi connectivity index (χ3v) is 2.31. The summed E-state index contributed by atoms with van der Waals surface area (Å²) >= 11 is 5.57. The van der Waals surface area contributed by atoms with Gasteiger partial charge in [-0.2, -0.15) is 5.26 Å². The van der Waals surface area contributed by atoms with Gasteiger partial charge in [0, 0.05) is 11.9 Å². The van der Waals surface area contributed by atoms with E-state index in [1.165, 1.54) is 18.3 Å². The number of anilines is 1. The van der Waals surface area contributed by atoms with Crippen LogP contribution in [0, 0.1) is 17.1 Å². The molecule has 1 heterocycles. The second-order valence-corrected chi connectivity index (χ2v) is 3.85. The van der Waals surface area contributed by atoms with Gasteiger partial charge in [-0.15, -0.1) is 0 Å². The molecule has 6 heteroatoms. The van der Waals surface area contributed by atoms with Gasteiger partial charge in [0.15, 0.2) is 5.82 Å². The molecule has 2 N–H and O–H groups in total. The Kier molecular flexibility index (Phi) is 3.31. The first-order valence-electron chi connectivity index (χ1n) is 4.88. The lowest BCUT2D eigenvalue weighted by Crippen LogP contribution is -1.95. The molecule has 18 heavy (non-hydrogen) atoms. The predicted molar refractivity (Wildman–Crippen MR) is 64.8 cm³/mol. The molecule has 2 rings (SSSR count). The minimum atomic E-state index is -0.705. The molecule has 0 bridgehead atoms. The van der Waals surface area contributed by atoms with Crippen LogP contribution in [0.25, 0.3) is 0 Å². The number of nitrogens with two attached hydrogens (primary N) is 1. The number of pyridine rings is 1. The Hall–Kier alpha value is -2.32. The average molecular weight is 264 g/mol. The lowest BCUT2D eigenvalue weighted by atomic mass is 10.2. The van der Waals surface area contributed by atoms with Gasteiger partial charge in [-0.25, -0.2) is 9.37 Å². The first-order chi connectivity index (χ1) is 8.60. The summed E-state index contributed by atoms with van der Waals surface area (Å²) in [5, 5.41) is 9.08. The molecule has 0 aliphatic heterocycles. The van der Waals surface area contributed by atoms with Gasteiger partial charge in [0.05, 0.1) is 10.6 Å². The van der Waals surface area contributed by atoms with Gasteiger partial charge in [0.25, 0.3) is 5.88 Å². The molecule has 0 saturated heterocycles. The summed E-state index contributed by atoms with van der Waals surface area (Å²) in [7, 11) is 0. The van der Waals surface area contributed by atoms with Crippen molar-refractivity contribution in [2.24, 2.45) is 0 Å². The van der Waals surface area contributed by atoms with Gasteiger partial charge in [-0.05, 0) is 24.3 Å². The van der Waals surface area contributed by atoms with Gasteiger partial charge in [-0.1, -0.05) is 11.6 Å². The van der Waals surface area contributed by atoms with Crippen molar-refractivity contribution in [2.75, 3.05) is 5.73 Å². The van der Waals surface area contributed by atoms with E-state index in [0.717, 1.165) is 6.07 Å². The van der Waals surface area contributed by atoms with Crippen LogP contribution in [0.4, 0.5) is 10.1 Å². The molecule has 0 spiro atoms. The molecule has 1 aromatic carbocycles. The normalized spacial score (nSPS) is 9.83. The van der Waals surface area contributed by atoms with Crippen molar-refractivity contribution in [2.45, 2.75) is 0 Å². The Labute approximate surface area is 107 Å². The zero-order valence-electron chi connectivity index (χ0n) is 9.02. The van der Waals surface area contributed by atoms with E-state index in [1.807, 2.05) is 6.07 Å². The van der Waals surface area contributed by atoms with Crippen molar-refractivity contribution >= 4 is 17.3 Å². The molecule has 1 aromatic heterocycles. The summed E-state index contributed by atoms with van der Waals surface area (Å²) in [5.41, 5.74) is 6.15. The van der Waals surface area contributed by atoms with Gasteiger partial charge in [0.1, 0.15) is 11.8 Å². The van der Waals surface area contributed by atoms with Crippen molar-refractivity contribution in [3.63, 3.8) is 0 Å².